The summed E-state index contributed by atoms with van der Waals surface area (Å²) in [6.07, 6.45) is 0.666. The summed E-state index contributed by atoms with van der Waals surface area (Å²) in [5.41, 5.74) is 5.29. The second-order valence-electron chi connectivity index (χ2n) is 11.6. The van der Waals surface area contributed by atoms with Gasteiger partial charge in [-0.25, -0.2) is 4.79 Å². The standard InChI is InChI=1S/C32H38N8O3/c1-21(41)18-34-32(2,3)20-33-31(43)35-27-17-16-24-8-4-7-11-28(24)40(30(27)42)19-22-12-14-23(15-13-22)25-9-5-6-10-26(25)29-36-38-39-37-29/h4-15,21,27,34,41H,16-20H2,1-3H3,(H2,33,35,43)(H,36,37,38,39)/t21-,27+/m0/s1. The molecule has 3 aromatic carbocycles. The van der Waals surface area contributed by atoms with E-state index >= 15 is 0 Å². The van der Waals surface area contributed by atoms with Crippen molar-refractivity contribution < 1.29 is 14.7 Å². The van der Waals surface area contributed by atoms with Gasteiger partial charge in [0.1, 0.15) is 6.04 Å². The zero-order chi connectivity index (χ0) is 30.4. The van der Waals surface area contributed by atoms with Crippen molar-refractivity contribution in [3.8, 4) is 22.5 Å². The Labute approximate surface area is 251 Å². The molecule has 0 aliphatic carbocycles. The molecule has 11 heteroatoms. The fourth-order valence-corrected chi connectivity index (χ4v) is 5.19. The number of H-pyrrole nitrogens is 1. The molecule has 2 heterocycles. The van der Waals surface area contributed by atoms with Crippen LogP contribution in [0.15, 0.2) is 72.8 Å². The number of rotatable bonds is 10. The molecule has 224 valence electrons. The van der Waals surface area contributed by atoms with E-state index in [2.05, 4.69) is 36.6 Å². The van der Waals surface area contributed by atoms with Crippen LogP contribution < -0.4 is 20.9 Å². The Morgan fingerprint density at radius 2 is 1.79 bits per heavy atom. The molecule has 1 aromatic heterocycles. The molecule has 5 rings (SSSR count). The molecule has 43 heavy (non-hydrogen) atoms. The van der Waals surface area contributed by atoms with Gasteiger partial charge in [0.25, 0.3) is 0 Å². The highest BCUT2D eigenvalue weighted by Crippen LogP contribution is 2.31. The summed E-state index contributed by atoms with van der Waals surface area (Å²) in [6.45, 7) is 6.70. The minimum Gasteiger partial charge on any atom is -0.392 e. The summed E-state index contributed by atoms with van der Waals surface area (Å²) in [7, 11) is 0. The van der Waals surface area contributed by atoms with Crippen LogP contribution in [0.4, 0.5) is 10.5 Å². The van der Waals surface area contributed by atoms with Gasteiger partial charge in [-0.2, -0.15) is 5.21 Å². The van der Waals surface area contributed by atoms with Gasteiger partial charge in [0.05, 0.1) is 12.6 Å². The third-order valence-corrected chi connectivity index (χ3v) is 7.54. The van der Waals surface area contributed by atoms with E-state index in [0.717, 1.165) is 33.5 Å². The van der Waals surface area contributed by atoms with E-state index in [1.807, 2.05) is 86.6 Å². The molecule has 2 atom stereocenters. The van der Waals surface area contributed by atoms with Crippen LogP contribution in [0, 0.1) is 0 Å². The number of urea groups is 1. The normalized spacial score (nSPS) is 15.9. The number of nitrogens with zero attached hydrogens (tertiary/aromatic N) is 4. The van der Waals surface area contributed by atoms with E-state index in [-0.39, 0.29) is 5.91 Å². The highest BCUT2D eigenvalue weighted by molar-refractivity contribution is 6.00. The van der Waals surface area contributed by atoms with E-state index in [0.29, 0.717) is 38.3 Å². The molecule has 0 spiro atoms. The first-order chi connectivity index (χ1) is 20.7. The summed E-state index contributed by atoms with van der Waals surface area (Å²) in [4.78, 5) is 28.6. The predicted octanol–water partition coefficient (Wildman–Crippen LogP) is 3.43. The van der Waals surface area contributed by atoms with Gasteiger partial charge in [0.2, 0.25) is 11.7 Å². The molecule has 0 saturated carbocycles. The fourth-order valence-electron chi connectivity index (χ4n) is 5.19. The molecular weight excluding hydrogens is 544 g/mol. The Balaban J connectivity index is 1.31. The van der Waals surface area contributed by atoms with E-state index in [1.54, 1.807) is 11.8 Å². The van der Waals surface area contributed by atoms with Gasteiger partial charge in [0, 0.05) is 29.9 Å². The second-order valence-corrected chi connectivity index (χ2v) is 11.6. The second kappa shape index (κ2) is 13.1. The zero-order valence-electron chi connectivity index (χ0n) is 24.7. The van der Waals surface area contributed by atoms with Crippen molar-refractivity contribution in [1.29, 1.82) is 0 Å². The number of aromatic amines is 1. The predicted molar refractivity (Wildman–Crippen MR) is 165 cm³/mol. The SMILES string of the molecule is C[C@H](O)CNC(C)(C)CNC(=O)N[C@@H]1CCc2ccccc2N(Cc2ccc(-c3ccccc3-c3nn[nH]n3)cc2)C1=O. The monoisotopic (exact) mass is 582 g/mol. The number of benzene rings is 3. The van der Waals surface area contributed by atoms with Crippen LogP contribution in [0.5, 0.6) is 0 Å². The van der Waals surface area contributed by atoms with Gasteiger partial charge in [-0.15, -0.1) is 10.2 Å². The average molecular weight is 583 g/mol. The van der Waals surface area contributed by atoms with E-state index in [4.69, 9.17) is 0 Å². The van der Waals surface area contributed by atoms with Crippen LogP contribution in [0.2, 0.25) is 0 Å². The first-order valence-electron chi connectivity index (χ1n) is 14.5. The third-order valence-electron chi connectivity index (χ3n) is 7.54. The first kappa shape index (κ1) is 29.9. The molecule has 0 saturated heterocycles. The Morgan fingerprint density at radius 3 is 2.51 bits per heavy atom. The van der Waals surface area contributed by atoms with Crippen LogP contribution in [-0.2, 0) is 17.8 Å². The Bertz CT molecular complexity index is 1540. The summed E-state index contributed by atoms with van der Waals surface area (Å²) < 4.78 is 0. The molecule has 0 unspecified atom stereocenters. The Morgan fingerprint density at radius 1 is 1.07 bits per heavy atom. The molecule has 0 radical (unpaired) electrons. The largest absolute Gasteiger partial charge is 0.392 e. The minimum atomic E-state index is -0.679. The number of aryl methyl sites for hydroxylation is 1. The highest BCUT2D eigenvalue weighted by Gasteiger charge is 2.32. The van der Waals surface area contributed by atoms with Crippen LogP contribution in [0.3, 0.4) is 0 Å². The van der Waals surface area contributed by atoms with Crippen LogP contribution >= 0.6 is 0 Å². The molecule has 0 fully saturated rings. The molecular formula is C32H38N8O3. The van der Waals surface area contributed by atoms with Crippen molar-refractivity contribution in [2.24, 2.45) is 0 Å². The summed E-state index contributed by atoms with van der Waals surface area (Å²) in [5, 5.41) is 33.0. The molecule has 11 nitrogen and oxygen atoms in total. The number of hydrogen-bond donors (Lipinski definition) is 5. The van der Waals surface area contributed by atoms with E-state index in [9.17, 15) is 14.7 Å². The zero-order valence-corrected chi connectivity index (χ0v) is 24.7. The van der Waals surface area contributed by atoms with Crippen molar-refractivity contribution in [2.45, 2.75) is 57.8 Å². The van der Waals surface area contributed by atoms with E-state index in [1.165, 1.54) is 0 Å². The smallest absolute Gasteiger partial charge is 0.315 e. The number of aliphatic hydroxyl groups is 1. The lowest BCUT2D eigenvalue weighted by Gasteiger charge is -2.29. The molecule has 1 aliphatic heterocycles. The molecule has 1 aliphatic rings. The van der Waals surface area contributed by atoms with Gasteiger partial charge in [-0.05, 0) is 67.1 Å². The van der Waals surface area contributed by atoms with Crippen molar-refractivity contribution >= 4 is 17.6 Å². The third kappa shape index (κ3) is 7.43. The number of fused-ring (bicyclic) bond motifs is 1. The summed E-state index contributed by atoms with van der Waals surface area (Å²) in [5.74, 6) is 0.367. The Hall–Kier alpha value is -4.61. The quantitative estimate of drug-likeness (QED) is 0.192. The first-order valence-corrected chi connectivity index (χ1v) is 14.5. The minimum absolute atomic E-state index is 0.155. The van der Waals surface area contributed by atoms with Crippen molar-refractivity contribution in [1.82, 2.24) is 36.6 Å². The molecule has 3 amide bonds. The number of tetrazole rings is 1. The molecule has 4 aromatic rings. The summed E-state index contributed by atoms with van der Waals surface area (Å²) in [6, 6.07) is 22.8. The lowest BCUT2D eigenvalue weighted by atomic mass is 9.98. The topological polar surface area (TPSA) is 148 Å². The molecule has 0 bridgehead atoms. The van der Waals surface area contributed by atoms with Gasteiger partial charge in [0.15, 0.2) is 0 Å². The molecule has 5 N–H and O–H groups in total. The number of aliphatic hydroxyl groups excluding tert-OH is 1. The maximum Gasteiger partial charge on any atom is 0.315 e. The van der Waals surface area contributed by atoms with E-state index < -0.39 is 23.7 Å². The van der Waals surface area contributed by atoms with Gasteiger partial charge < -0.3 is 26.0 Å². The average Bonchev–Trinajstić information content (AvgIpc) is 3.52. The Kier molecular flexibility index (Phi) is 9.13. The van der Waals surface area contributed by atoms with Crippen LogP contribution in [0.1, 0.15) is 38.3 Å². The van der Waals surface area contributed by atoms with Gasteiger partial charge in [-0.3, -0.25) is 4.79 Å². The van der Waals surface area contributed by atoms with Crippen LogP contribution in [0.25, 0.3) is 22.5 Å². The van der Waals surface area contributed by atoms with Gasteiger partial charge in [-0.1, -0.05) is 66.7 Å². The van der Waals surface area contributed by atoms with Crippen molar-refractivity contribution in [3.63, 3.8) is 0 Å². The van der Waals surface area contributed by atoms with Crippen LogP contribution in [-0.4, -0.2) is 68.4 Å². The number of anilines is 1. The number of β-amino-alcohol motifs (C(OH)–C–C–N with tert-alkyl or cyclic N) is 1. The number of carbonyl (C=O) groups excluding carboxylic acids is 2. The number of carbonyl (C=O) groups is 2. The maximum absolute atomic E-state index is 13.9. The number of hydrogen-bond acceptors (Lipinski definition) is 7. The van der Waals surface area contributed by atoms with Gasteiger partial charge >= 0.3 is 6.03 Å². The highest BCUT2D eigenvalue weighted by atomic mass is 16.3. The number of nitrogens with one attached hydrogen (secondary N) is 4. The number of aromatic nitrogens is 4. The number of amides is 3. The maximum atomic E-state index is 13.9. The van der Waals surface area contributed by atoms with Crippen molar-refractivity contribution in [2.75, 3.05) is 18.0 Å². The fraction of sp³-hybridized carbons (Fsp3) is 0.344. The lowest BCUT2D eigenvalue weighted by molar-refractivity contribution is -0.120. The van der Waals surface area contributed by atoms with Crippen molar-refractivity contribution in [3.05, 3.63) is 83.9 Å². The number of para-hydroxylation sites is 1. The lowest BCUT2D eigenvalue weighted by Crippen LogP contribution is -2.55. The summed E-state index contributed by atoms with van der Waals surface area (Å²) >= 11 is 0.